The quantitative estimate of drug-likeness (QED) is 0.508. The molecule has 0 amide bonds. The summed E-state index contributed by atoms with van der Waals surface area (Å²) in [6, 6.07) is 2.32. The zero-order valence-corrected chi connectivity index (χ0v) is 11.9. The van der Waals surface area contributed by atoms with Crippen LogP contribution in [0.15, 0.2) is 23.3 Å². The van der Waals surface area contributed by atoms with Crippen molar-refractivity contribution in [3.05, 3.63) is 23.8 Å². The van der Waals surface area contributed by atoms with Crippen LogP contribution in [0.25, 0.3) is 6.08 Å². The van der Waals surface area contributed by atoms with Crippen molar-refractivity contribution < 1.29 is 9.57 Å². The number of allylic oxidation sites excluding steroid dienone is 1. The van der Waals surface area contributed by atoms with Crippen LogP contribution < -0.4 is 5.32 Å². The van der Waals surface area contributed by atoms with E-state index in [0.717, 1.165) is 37.6 Å². The predicted molar refractivity (Wildman–Crippen MR) is 78.4 cm³/mol. The number of hydrogen-bond acceptors (Lipinski definition) is 6. The summed E-state index contributed by atoms with van der Waals surface area (Å²) in [5.41, 5.74) is 0.790. The van der Waals surface area contributed by atoms with Gasteiger partial charge < -0.3 is 14.9 Å². The van der Waals surface area contributed by atoms with Gasteiger partial charge in [-0.3, -0.25) is 0 Å². The van der Waals surface area contributed by atoms with Gasteiger partial charge in [0.1, 0.15) is 17.9 Å². The van der Waals surface area contributed by atoms with Gasteiger partial charge in [0.25, 0.3) is 0 Å². The highest BCUT2D eigenvalue weighted by Crippen LogP contribution is 2.14. The molecule has 0 spiro atoms. The Hall–Kier alpha value is -1.95. The number of oxime groups is 1. The van der Waals surface area contributed by atoms with Crippen LogP contribution >= 0.6 is 0 Å². The summed E-state index contributed by atoms with van der Waals surface area (Å²) < 4.78 is 5.34. The van der Waals surface area contributed by atoms with Gasteiger partial charge in [-0.05, 0) is 26.7 Å². The highest BCUT2D eigenvalue weighted by molar-refractivity contribution is 5.53. The molecule has 1 aliphatic heterocycles. The lowest BCUT2D eigenvalue weighted by molar-refractivity contribution is 0.0904. The second-order valence-electron chi connectivity index (χ2n) is 4.57. The zero-order valence-electron chi connectivity index (χ0n) is 11.9. The lowest BCUT2D eigenvalue weighted by atomic mass is 10.1. The maximum Gasteiger partial charge on any atom is 0.134 e. The molecule has 1 N–H and O–H groups in total. The van der Waals surface area contributed by atoms with Gasteiger partial charge in [0, 0.05) is 37.6 Å². The Balaban J connectivity index is 1.99. The molecule has 0 bridgehead atoms. The monoisotopic (exact) mass is 276 g/mol. The second kappa shape index (κ2) is 7.59. The predicted octanol–water partition coefficient (Wildman–Crippen LogP) is 2.45. The summed E-state index contributed by atoms with van der Waals surface area (Å²) in [7, 11) is 0. The maximum absolute atomic E-state index is 5.34. The Kier molecular flexibility index (Phi) is 5.49. The first kappa shape index (κ1) is 14.5. The minimum absolute atomic E-state index is 0.414. The van der Waals surface area contributed by atoms with E-state index in [1.54, 1.807) is 19.5 Å². The molecular formula is C14H20N4O2. The molecule has 2 heterocycles. The van der Waals surface area contributed by atoms with Crippen LogP contribution in [0, 0.1) is 0 Å². The van der Waals surface area contributed by atoms with E-state index >= 15 is 0 Å². The van der Waals surface area contributed by atoms with Crippen molar-refractivity contribution in [3.8, 4) is 0 Å². The van der Waals surface area contributed by atoms with E-state index in [4.69, 9.17) is 9.57 Å². The van der Waals surface area contributed by atoms with E-state index in [-0.39, 0.29) is 0 Å². The van der Waals surface area contributed by atoms with Gasteiger partial charge in [-0.25, -0.2) is 9.97 Å². The normalized spacial score (nSPS) is 17.4. The van der Waals surface area contributed by atoms with E-state index in [2.05, 4.69) is 20.4 Å². The second-order valence-corrected chi connectivity index (χ2v) is 4.57. The Morgan fingerprint density at radius 3 is 3.00 bits per heavy atom. The van der Waals surface area contributed by atoms with Crippen LogP contribution in [0.4, 0.5) is 5.82 Å². The molecule has 0 aliphatic carbocycles. The van der Waals surface area contributed by atoms with Crippen LogP contribution in [-0.4, -0.2) is 35.4 Å². The molecule has 0 atom stereocenters. The van der Waals surface area contributed by atoms with Gasteiger partial charge in [0.15, 0.2) is 0 Å². The molecule has 20 heavy (non-hydrogen) atoms. The molecule has 108 valence electrons. The standard InChI is InChI=1S/C14H20N4O2/c1-3-17-20-11(2)8-13-9-14(16-10-15-13)18-12-4-6-19-7-5-12/h3,8-10,12H,4-7H2,1-2H3,(H,15,16,18)/b11-8+,17-3+. The first-order chi connectivity index (χ1) is 9.78. The maximum atomic E-state index is 5.34. The molecule has 1 fully saturated rings. The van der Waals surface area contributed by atoms with Gasteiger partial charge in [-0.1, -0.05) is 5.16 Å². The van der Waals surface area contributed by atoms with E-state index in [1.807, 2.05) is 19.1 Å². The van der Waals surface area contributed by atoms with Crippen molar-refractivity contribution in [1.29, 1.82) is 0 Å². The number of nitrogens with zero attached hydrogens (tertiary/aromatic N) is 3. The van der Waals surface area contributed by atoms with Crippen molar-refractivity contribution >= 4 is 18.1 Å². The minimum atomic E-state index is 0.414. The molecule has 6 nitrogen and oxygen atoms in total. The van der Waals surface area contributed by atoms with Crippen molar-refractivity contribution in [1.82, 2.24) is 9.97 Å². The van der Waals surface area contributed by atoms with Gasteiger partial charge in [-0.2, -0.15) is 0 Å². The van der Waals surface area contributed by atoms with Crippen molar-refractivity contribution in [3.63, 3.8) is 0 Å². The molecule has 2 rings (SSSR count). The summed E-state index contributed by atoms with van der Waals surface area (Å²) in [6.45, 7) is 5.24. The molecule has 0 radical (unpaired) electrons. The van der Waals surface area contributed by atoms with E-state index in [0.29, 0.717) is 11.8 Å². The number of nitrogens with one attached hydrogen (secondary N) is 1. The number of aromatic nitrogens is 2. The van der Waals surface area contributed by atoms with Gasteiger partial charge in [-0.15, -0.1) is 0 Å². The minimum Gasteiger partial charge on any atom is -0.381 e. The van der Waals surface area contributed by atoms with Crippen molar-refractivity contribution in [2.45, 2.75) is 32.7 Å². The van der Waals surface area contributed by atoms with Gasteiger partial charge in [0.05, 0.1) is 5.69 Å². The molecule has 0 saturated carbocycles. The number of ether oxygens (including phenoxy) is 1. The Bertz CT molecular complexity index is 482. The lowest BCUT2D eigenvalue weighted by Gasteiger charge is -2.23. The Morgan fingerprint density at radius 2 is 2.25 bits per heavy atom. The first-order valence-electron chi connectivity index (χ1n) is 6.77. The van der Waals surface area contributed by atoms with Gasteiger partial charge in [0.2, 0.25) is 0 Å². The number of anilines is 1. The average Bonchev–Trinajstić information content (AvgIpc) is 2.46. The van der Waals surface area contributed by atoms with E-state index < -0.39 is 0 Å². The molecule has 0 unspecified atom stereocenters. The largest absolute Gasteiger partial charge is 0.381 e. The van der Waals surface area contributed by atoms with Crippen molar-refractivity contribution in [2.24, 2.45) is 5.16 Å². The van der Waals surface area contributed by atoms with Crippen LogP contribution in [0.2, 0.25) is 0 Å². The highest BCUT2D eigenvalue weighted by atomic mass is 16.6. The third-order valence-corrected chi connectivity index (χ3v) is 2.91. The fourth-order valence-corrected chi connectivity index (χ4v) is 1.95. The highest BCUT2D eigenvalue weighted by Gasteiger charge is 2.13. The Morgan fingerprint density at radius 1 is 1.45 bits per heavy atom. The summed E-state index contributed by atoms with van der Waals surface area (Å²) >= 11 is 0. The SMILES string of the molecule is C/C=N/O/C(C)=C/c1cc(NC2CCOCC2)ncn1. The van der Waals surface area contributed by atoms with Gasteiger partial charge >= 0.3 is 0 Å². The topological polar surface area (TPSA) is 68.6 Å². The third-order valence-electron chi connectivity index (χ3n) is 2.91. The Labute approximate surface area is 118 Å². The first-order valence-corrected chi connectivity index (χ1v) is 6.77. The zero-order chi connectivity index (χ0) is 14.2. The number of hydrogen-bond donors (Lipinski definition) is 1. The molecule has 6 heteroatoms. The molecule has 1 saturated heterocycles. The molecule has 1 aromatic heterocycles. The van der Waals surface area contributed by atoms with E-state index in [9.17, 15) is 0 Å². The van der Waals surface area contributed by atoms with Crippen LogP contribution in [0.3, 0.4) is 0 Å². The van der Waals surface area contributed by atoms with Crippen LogP contribution in [0.5, 0.6) is 0 Å². The molecule has 1 aliphatic rings. The fourth-order valence-electron chi connectivity index (χ4n) is 1.95. The fraction of sp³-hybridized carbons (Fsp3) is 0.500. The van der Waals surface area contributed by atoms with Crippen LogP contribution in [0.1, 0.15) is 32.4 Å². The average molecular weight is 276 g/mol. The van der Waals surface area contributed by atoms with Crippen LogP contribution in [-0.2, 0) is 9.57 Å². The van der Waals surface area contributed by atoms with Crippen molar-refractivity contribution in [2.75, 3.05) is 18.5 Å². The number of rotatable bonds is 5. The summed E-state index contributed by atoms with van der Waals surface area (Å²) in [4.78, 5) is 13.6. The summed E-state index contributed by atoms with van der Waals surface area (Å²) in [6.07, 6.45) is 6.97. The smallest absolute Gasteiger partial charge is 0.134 e. The third kappa shape index (κ3) is 4.62. The lowest BCUT2D eigenvalue weighted by Crippen LogP contribution is -2.28. The van der Waals surface area contributed by atoms with E-state index in [1.165, 1.54) is 0 Å². The molecular weight excluding hydrogens is 256 g/mol. The molecule has 0 aromatic carbocycles. The summed E-state index contributed by atoms with van der Waals surface area (Å²) in [5.74, 6) is 1.50. The summed E-state index contributed by atoms with van der Waals surface area (Å²) in [5, 5.41) is 7.12. The molecule has 1 aromatic rings.